The van der Waals surface area contributed by atoms with E-state index in [9.17, 15) is 4.79 Å². The van der Waals surface area contributed by atoms with Crippen LogP contribution in [-0.2, 0) is 11.2 Å². The molecule has 2 rings (SSSR count). The molecule has 1 saturated heterocycles. The van der Waals surface area contributed by atoms with Gasteiger partial charge in [0.15, 0.2) is 5.11 Å². The molecule has 0 bridgehead atoms. The van der Waals surface area contributed by atoms with Crippen molar-refractivity contribution in [3.63, 3.8) is 0 Å². The van der Waals surface area contributed by atoms with E-state index in [2.05, 4.69) is 12.1 Å². The van der Waals surface area contributed by atoms with Crippen LogP contribution in [0, 0.1) is 0 Å². The Kier molecular flexibility index (Phi) is 3.17. The second-order valence-electron chi connectivity index (χ2n) is 3.70. The molecule has 1 aromatic carbocycles. The summed E-state index contributed by atoms with van der Waals surface area (Å²) in [4.78, 5) is 13.1. The van der Waals surface area contributed by atoms with Crippen LogP contribution < -0.4 is 5.84 Å². The number of hydrogen-bond acceptors (Lipinski definition) is 3. The molecule has 84 valence electrons. The van der Waals surface area contributed by atoms with E-state index in [1.54, 1.807) is 0 Å². The molecule has 0 aromatic heterocycles. The molecule has 5 heteroatoms. The van der Waals surface area contributed by atoms with Crippen LogP contribution in [0.5, 0.6) is 0 Å². The molecule has 1 aliphatic rings. The maximum absolute atomic E-state index is 11.3. The molecular formula is C11H13N3OS. The summed E-state index contributed by atoms with van der Waals surface area (Å²) in [5, 5.41) is 1.46. The number of carbonyl (C=O) groups is 1. The first-order valence-electron chi connectivity index (χ1n) is 5.09. The van der Waals surface area contributed by atoms with Gasteiger partial charge in [-0.05, 0) is 24.2 Å². The van der Waals surface area contributed by atoms with Crippen molar-refractivity contribution in [1.82, 2.24) is 9.91 Å². The summed E-state index contributed by atoms with van der Waals surface area (Å²) in [5.74, 6) is 5.34. The Morgan fingerprint density at radius 1 is 1.31 bits per heavy atom. The fraction of sp³-hybridized carbons (Fsp3) is 0.273. The summed E-state index contributed by atoms with van der Waals surface area (Å²) in [6, 6.07) is 10.1. The minimum Gasteiger partial charge on any atom is -0.338 e. The van der Waals surface area contributed by atoms with Crippen molar-refractivity contribution in [2.24, 2.45) is 5.84 Å². The van der Waals surface area contributed by atoms with Crippen LogP contribution in [0.15, 0.2) is 30.3 Å². The summed E-state index contributed by atoms with van der Waals surface area (Å²) in [5.41, 5.74) is 1.23. The van der Waals surface area contributed by atoms with Crippen LogP contribution in [0.3, 0.4) is 0 Å². The predicted octanol–water partition coefficient (Wildman–Crippen LogP) is 0.532. The van der Waals surface area contributed by atoms with Gasteiger partial charge in [-0.2, -0.15) is 0 Å². The van der Waals surface area contributed by atoms with Crippen LogP contribution in [0.1, 0.15) is 5.56 Å². The predicted molar refractivity (Wildman–Crippen MR) is 65.4 cm³/mol. The average molecular weight is 235 g/mol. The summed E-state index contributed by atoms with van der Waals surface area (Å²) < 4.78 is 0. The standard InChI is InChI=1S/C11H13N3OS/c12-14-10(15)8-13(11(14)16)7-6-9-4-2-1-3-5-9/h1-5H,6-8,12H2. The maximum Gasteiger partial charge on any atom is 0.262 e. The Labute approximate surface area is 99.6 Å². The number of hydrazine groups is 1. The minimum atomic E-state index is -0.141. The molecule has 0 unspecified atom stereocenters. The highest BCUT2D eigenvalue weighted by molar-refractivity contribution is 7.80. The molecule has 1 fully saturated rings. The molecule has 0 radical (unpaired) electrons. The molecule has 1 heterocycles. The van der Waals surface area contributed by atoms with Crippen molar-refractivity contribution in [3.8, 4) is 0 Å². The highest BCUT2D eigenvalue weighted by Gasteiger charge is 2.29. The van der Waals surface area contributed by atoms with Gasteiger partial charge in [0, 0.05) is 6.54 Å². The summed E-state index contributed by atoms with van der Waals surface area (Å²) in [6.07, 6.45) is 0.863. The molecule has 1 aromatic rings. The van der Waals surface area contributed by atoms with Crippen LogP contribution in [0.2, 0.25) is 0 Å². The van der Waals surface area contributed by atoms with Gasteiger partial charge < -0.3 is 4.90 Å². The highest BCUT2D eigenvalue weighted by atomic mass is 32.1. The first-order valence-corrected chi connectivity index (χ1v) is 5.50. The second-order valence-corrected chi connectivity index (χ2v) is 4.07. The van der Waals surface area contributed by atoms with Crippen LogP contribution >= 0.6 is 12.2 Å². The SMILES string of the molecule is NN1C(=O)CN(CCc2ccccc2)C1=S. The Hall–Kier alpha value is -1.46. The Bertz CT molecular complexity index is 407. The van der Waals surface area contributed by atoms with Crippen LogP contribution in [-0.4, -0.2) is 34.0 Å². The molecular weight excluding hydrogens is 222 g/mol. The van der Waals surface area contributed by atoms with Gasteiger partial charge in [-0.25, -0.2) is 10.9 Å². The van der Waals surface area contributed by atoms with Crippen molar-refractivity contribution < 1.29 is 4.79 Å². The molecule has 1 aliphatic heterocycles. The van der Waals surface area contributed by atoms with Crippen LogP contribution in [0.25, 0.3) is 0 Å². The lowest BCUT2D eigenvalue weighted by atomic mass is 10.1. The number of benzene rings is 1. The number of rotatable bonds is 3. The van der Waals surface area contributed by atoms with Gasteiger partial charge in [-0.15, -0.1) is 0 Å². The number of amides is 1. The monoisotopic (exact) mass is 235 g/mol. The third-order valence-corrected chi connectivity index (χ3v) is 3.04. The zero-order chi connectivity index (χ0) is 11.5. The summed E-state index contributed by atoms with van der Waals surface area (Å²) >= 11 is 5.06. The van der Waals surface area contributed by atoms with Crippen molar-refractivity contribution in [2.45, 2.75) is 6.42 Å². The van der Waals surface area contributed by atoms with E-state index in [-0.39, 0.29) is 5.91 Å². The molecule has 1 amide bonds. The third kappa shape index (κ3) is 2.20. The largest absolute Gasteiger partial charge is 0.338 e. The summed E-state index contributed by atoms with van der Waals surface area (Å²) in [6.45, 7) is 1.02. The topological polar surface area (TPSA) is 49.6 Å². The fourth-order valence-electron chi connectivity index (χ4n) is 1.65. The molecule has 0 aliphatic carbocycles. The molecule has 0 spiro atoms. The van der Waals surface area contributed by atoms with E-state index in [4.69, 9.17) is 18.1 Å². The Morgan fingerprint density at radius 3 is 2.56 bits per heavy atom. The quantitative estimate of drug-likeness (QED) is 0.472. The first kappa shape index (κ1) is 11.0. The van der Waals surface area contributed by atoms with Gasteiger partial charge in [0.1, 0.15) is 6.54 Å². The fourth-order valence-corrected chi connectivity index (χ4v) is 1.91. The van der Waals surface area contributed by atoms with Crippen molar-refractivity contribution in [1.29, 1.82) is 0 Å². The summed E-state index contributed by atoms with van der Waals surface area (Å²) in [7, 11) is 0. The molecule has 4 nitrogen and oxygen atoms in total. The smallest absolute Gasteiger partial charge is 0.262 e. The van der Waals surface area contributed by atoms with Gasteiger partial charge in [0.05, 0.1) is 0 Å². The number of nitrogens with zero attached hydrogens (tertiary/aromatic N) is 2. The second kappa shape index (κ2) is 4.59. The normalized spacial score (nSPS) is 16.1. The number of thiocarbonyl (C=S) groups is 1. The lowest BCUT2D eigenvalue weighted by Crippen LogP contribution is -2.38. The first-order chi connectivity index (χ1) is 7.68. The zero-order valence-electron chi connectivity index (χ0n) is 8.80. The van der Waals surface area contributed by atoms with Gasteiger partial charge in [0.2, 0.25) is 0 Å². The van der Waals surface area contributed by atoms with Gasteiger partial charge in [0.25, 0.3) is 5.91 Å². The maximum atomic E-state index is 11.3. The van der Waals surface area contributed by atoms with E-state index < -0.39 is 0 Å². The van der Waals surface area contributed by atoms with E-state index in [1.807, 2.05) is 23.1 Å². The van der Waals surface area contributed by atoms with Gasteiger partial charge in [-0.1, -0.05) is 30.3 Å². The number of nitrogens with two attached hydrogens (primary N) is 1. The Balaban J connectivity index is 1.92. The minimum absolute atomic E-state index is 0.141. The zero-order valence-corrected chi connectivity index (χ0v) is 9.61. The number of hydrogen-bond donors (Lipinski definition) is 1. The molecule has 16 heavy (non-hydrogen) atoms. The lowest BCUT2D eigenvalue weighted by molar-refractivity contribution is -0.125. The molecule has 0 saturated carbocycles. The highest BCUT2D eigenvalue weighted by Crippen LogP contribution is 2.08. The van der Waals surface area contributed by atoms with E-state index >= 15 is 0 Å². The van der Waals surface area contributed by atoms with E-state index in [0.717, 1.165) is 18.0 Å². The van der Waals surface area contributed by atoms with Crippen LogP contribution in [0.4, 0.5) is 0 Å². The molecule has 0 atom stereocenters. The van der Waals surface area contributed by atoms with Gasteiger partial charge in [-0.3, -0.25) is 4.79 Å². The number of carbonyl (C=O) groups excluding carboxylic acids is 1. The van der Waals surface area contributed by atoms with Crippen molar-refractivity contribution >= 4 is 23.2 Å². The average Bonchev–Trinajstić information content (AvgIpc) is 2.56. The van der Waals surface area contributed by atoms with Crippen molar-refractivity contribution in [3.05, 3.63) is 35.9 Å². The van der Waals surface area contributed by atoms with Gasteiger partial charge >= 0.3 is 0 Å². The third-order valence-electron chi connectivity index (χ3n) is 2.58. The lowest BCUT2D eigenvalue weighted by Gasteiger charge is -2.16. The molecule has 2 N–H and O–H groups in total. The van der Waals surface area contributed by atoms with Crippen molar-refractivity contribution in [2.75, 3.05) is 13.1 Å². The Morgan fingerprint density at radius 2 is 2.00 bits per heavy atom. The van der Waals surface area contributed by atoms with E-state index in [1.165, 1.54) is 5.56 Å². The van der Waals surface area contributed by atoms with E-state index in [0.29, 0.717) is 11.7 Å².